The molecule has 1 aromatic carbocycles. The first-order valence-electron chi connectivity index (χ1n) is 6.95. The normalized spacial score (nSPS) is 18.9. The van der Waals surface area contributed by atoms with Crippen molar-refractivity contribution in [3.63, 3.8) is 0 Å². The van der Waals surface area contributed by atoms with Crippen molar-refractivity contribution in [3.05, 3.63) is 29.6 Å². The number of rotatable bonds is 3. The molecule has 1 N–H and O–H groups in total. The molecule has 2 heterocycles. The number of hydrogen-bond acceptors (Lipinski definition) is 3. The van der Waals surface area contributed by atoms with E-state index < -0.39 is 0 Å². The van der Waals surface area contributed by atoms with Gasteiger partial charge in [0.05, 0.1) is 23.7 Å². The van der Waals surface area contributed by atoms with Crippen molar-refractivity contribution in [1.82, 2.24) is 14.9 Å². The maximum atomic E-state index is 12.6. The van der Waals surface area contributed by atoms with Crippen LogP contribution >= 0.6 is 0 Å². The standard InChI is InChI=1S/C15H19N3O2/c1-10-16-13-6-5-11(8-14(13)17-10)15(19)18-7-3-4-12(18)9-20-2/h5-6,8,12H,3-4,7,9H2,1-2H3,(H,16,17)/t12-/m1/s1. The molecule has 0 unspecified atom stereocenters. The molecule has 1 aliphatic heterocycles. The van der Waals surface area contributed by atoms with Crippen molar-refractivity contribution in [1.29, 1.82) is 0 Å². The smallest absolute Gasteiger partial charge is 0.254 e. The number of aromatic amines is 1. The van der Waals surface area contributed by atoms with Crippen molar-refractivity contribution in [2.45, 2.75) is 25.8 Å². The number of nitrogens with one attached hydrogen (secondary N) is 1. The third-order valence-corrected chi connectivity index (χ3v) is 3.84. The number of fused-ring (bicyclic) bond motifs is 1. The van der Waals surface area contributed by atoms with Crippen LogP contribution in [0.15, 0.2) is 18.2 Å². The Morgan fingerprint density at radius 2 is 2.40 bits per heavy atom. The summed E-state index contributed by atoms with van der Waals surface area (Å²) in [6.07, 6.45) is 2.07. The van der Waals surface area contributed by atoms with Gasteiger partial charge in [-0.2, -0.15) is 0 Å². The van der Waals surface area contributed by atoms with Crippen molar-refractivity contribution in [3.8, 4) is 0 Å². The van der Waals surface area contributed by atoms with Gasteiger partial charge in [-0.15, -0.1) is 0 Å². The molecule has 2 aromatic rings. The Bertz CT molecular complexity index is 635. The number of imidazole rings is 1. The molecule has 3 rings (SSSR count). The van der Waals surface area contributed by atoms with Gasteiger partial charge in [0.2, 0.25) is 0 Å². The van der Waals surface area contributed by atoms with E-state index in [-0.39, 0.29) is 11.9 Å². The van der Waals surface area contributed by atoms with Crippen LogP contribution in [0.1, 0.15) is 29.0 Å². The van der Waals surface area contributed by atoms with Gasteiger partial charge in [0.15, 0.2) is 0 Å². The summed E-state index contributed by atoms with van der Waals surface area (Å²) in [5.41, 5.74) is 2.52. The summed E-state index contributed by atoms with van der Waals surface area (Å²) in [5, 5.41) is 0. The number of amides is 1. The number of H-pyrrole nitrogens is 1. The van der Waals surface area contributed by atoms with E-state index in [9.17, 15) is 4.79 Å². The number of carbonyl (C=O) groups excluding carboxylic acids is 1. The third-order valence-electron chi connectivity index (χ3n) is 3.84. The highest BCUT2D eigenvalue weighted by Gasteiger charge is 2.29. The molecule has 1 amide bonds. The van der Waals surface area contributed by atoms with Gasteiger partial charge in [0.1, 0.15) is 5.82 Å². The first-order valence-corrected chi connectivity index (χ1v) is 6.95. The maximum Gasteiger partial charge on any atom is 0.254 e. The van der Waals surface area contributed by atoms with Crippen molar-refractivity contribution in [2.24, 2.45) is 0 Å². The van der Waals surface area contributed by atoms with Gasteiger partial charge < -0.3 is 14.6 Å². The minimum Gasteiger partial charge on any atom is -0.383 e. The van der Waals surface area contributed by atoms with Crippen molar-refractivity contribution >= 4 is 16.9 Å². The lowest BCUT2D eigenvalue weighted by molar-refractivity contribution is 0.0631. The second-order valence-electron chi connectivity index (χ2n) is 5.30. The lowest BCUT2D eigenvalue weighted by Crippen LogP contribution is -2.38. The number of ether oxygens (including phenoxy) is 1. The van der Waals surface area contributed by atoms with E-state index in [1.165, 1.54) is 0 Å². The number of aromatic nitrogens is 2. The fourth-order valence-corrected chi connectivity index (χ4v) is 2.90. The largest absolute Gasteiger partial charge is 0.383 e. The van der Waals surface area contributed by atoms with Crippen LogP contribution in [-0.4, -0.2) is 47.1 Å². The highest BCUT2D eigenvalue weighted by Crippen LogP contribution is 2.22. The number of benzene rings is 1. The molecule has 5 nitrogen and oxygen atoms in total. The number of likely N-dealkylation sites (tertiary alicyclic amines) is 1. The van der Waals surface area contributed by atoms with E-state index in [0.717, 1.165) is 36.2 Å². The molecule has 0 saturated carbocycles. The van der Waals surface area contributed by atoms with Gasteiger partial charge in [-0.3, -0.25) is 4.79 Å². The minimum atomic E-state index is 0.0821. The summed E-state index contributed by atoms with van der Waals surface area (Å²) < 4.78 is 5.21. The quantitative estimate of drug-likeness (QED) is 0.932. The second kappa shape index (κ2) is 5.25. The Morgan fingerprint density at radius 3 is 3.20 bits per heavy atom. The first-order chi connectivity index (χ1) is 9.69. The van der Waals surface area contributed by atoms with Crippen molar-refractivity contribution < 1.29 is 9.53 Å². The molecule has 5 heteroatoms. The zero-order chi connectivity index (χ0) is 14.1. The van der Waals surface area contributed by atoms with Gasteiger partial charge in [0.25, 0.3) is 5.91 Å². The van der Waals surface area contributed by atoms with E-state index >= 15 is 0 Å². The van der Waals surface area contributed by atoms with Crippen LogP contribution in [0.5, 0.6) is 0 Å². The number of aryl methyl sites for hydroxylation is 1. The fourth-order valence-electron chi connectivity index (χ4n) is 2.90. The molecule has 1 atom stereocenters. The summed E-state index contributed by atoms with van der Waals surface area (Å²) in [6, 6.07) is 5.84. The molecule has 20 heavy (non-hydrogen) atoms. The van der Waals surface area contributed by atoms with Crippen LogP contribution in [-0.2, 0) is 4.74 Å². The fraction of sp³-hybridized carbons (Fsp3) is 0.467. The lowest BCUT2D eigenvalue weighted by Gasteiger charge is -2.24. The number of hydrogen-bond donors (Lipinski definition) is 1. The monoisotopic (exact) mass is 273 g/mol. The second-order valence-corrected chi connectivity index (χ2v) is 5.30. The lowest BCUT2D eigenvalue weighted by atomic mass is 10.1. The molecule has 1 saturated heterocycles. The molecule has 0 aliphatic carbocycles. The van der Waals surface area contributed by atoms with E-state index in [2.05, 4.69) is 9.97 Å². The maximum absolute atomic E-state index is 12.6. The predicted octanol–water partition coefficient (Wildman–Crippen LogP) is 2.12. The van der Waals surface area contributed by atoms with Crippen LogP contribution < -0.4 is 0 Å². The van der Waals surface area contributed by atoms with E-state index in [0.29, 0.717) is 12.2 Å². The van der Waals surface area contributed by atoms with E-state index in [4.69, 9.17) is 4.74 Å². The predicted molar refractivity (Wildman–Crippen MR) is 76.8 cm³/mol. The minimum absolute atomic E-state index is 0.0821. The molecular weight excluding hydrogens is 254 g/mol. The average molecular weight is 273 g/mol. The number of carbonyl (C=O) groups is 1. The first kappa shape index (κ1) is 13.1. The summed E-state index contributed by atoms with van der Waals surface area (Å²) in [5.74, 6) is 0.946. The van der Waals surface area contributed by atoms with Crippen LogP contribution in [0.2, 0.25) is 0 Å². The number of nitrogens with zero attached hydrogens (tertiary/aromatic N) is 2. The van der Waals surface area contributed by atoms with Gasteiger partial charge in [-0.1, -0.05) is 0 Å². The Labute approximate surface area is 117 Å². The van der Waals surface area contributed by atoms with Gasteiger partial charge >= 0.3 is 0 Å². The third kappa shape index (κ3) is 2.29. The summed E-state index contributed by atoms with van der Waals surface area (Å²) >= 11 is 0. The van der Waals surface area contributed by atoms with E-state index in [1.54, 1.807) is 7.11 Å². The molecule has 0 bridgehead atoms. The topological polar surface area (TPSA) is 58.2 Å². The Balaban J connectivity index is 1.87. The van der Waals surface area contributed by atoms with Crippen LogP contribution in [0.25, 0.3) is 11.0 Å². The highest BCUT2D eigenvalue weighted by molar-refractivity contribution is 5.97. The van der Waals surface area contributed by atoms with Gasteiger partial charge in [0, 0.05) is 19.2 Å². The van der Waals surface area contributed by atoms with Gasteiger partial charge in [-0.25, -0.2) is 4.98 Å². The average Bonchev–Trinajstić information content (AvgIpc) is 3.02. The summed E-state index contributed by atoms with van der Waals surface area (Å²) in [4.78, 5) is 22.1. The SMILES string of the molecule is COC[C@H]1CCCN1C(=O)c1ccc2nc(C)[nH]c2c1. The van der Waals surface area contributed by atoms with E-state index in [1.807, 2.05) is 30.0 Å². The summed E-state index contributed by atoms with van der Waals surface area (Å²) in [7, 11) is 1.68. The number of methoxy groups -OCH3 is 1. The van der Waals surface area contributed by atoms with Crippen LogP contribution in [0, 0.1) is 6.92 Å². The Morgan fingerprint density at radius 1 is 1.55 bits per heavy atom. The molecular formula is C15H19N3O2. The molecule has 0 radical (unpaired) electrons. The molecule has 106 valence electrons. The Kier molecular flexibility index (Phi) is 3.44. The molecule has 1 aliphatic rings. The molecule has 1 fully saturated rings. The highest BCUT2D eigenvalue weighted by atomic mass is 16.5. The molecule has 0 spiro atoms. The van der Waals surface area contributed by atoms with Crippen LogP contribution in [0.4, 0.5) is 0 Å². The zero-order valence-corrected chi connectivity index (χ0v) is 11.8. The zero-order valence-electron chi connectivity index (χ0n) is 11.8. The summed E-state index contributed by atoms with van der Waals surface area (Å²) in [6.45, 7) is 3.33. The van der Waals surface area contributed by atoms with Crippen molar-refractivity contribution in [2.75, 3.05) is 20.3 Å². The van der Waals surface area contributed by atoms with Crippen LogP contribution in [0.3, 0.4) is 0 Å². The Hall–Kier alpha value is -1.88. The molecule has 1 aromatic heterocycles. The van der Waals surface area contributed by atoms with Gasteiger partial charge in [-0.05, 0) is 38.0 Å².